The molecule has 0 saturated carbocycles. The van der Waals surface area contributed by atoms with Crippen LogP contribution in [0.25, 0.3) is 22.1 Å². The molecule has 0 unspecified atom stereocenters. The first kappa shape index (κ1) is 22.3. The molecular formula is C24H21F4N5. The number of para-hydroxylation sites is 1. The SMILES string of the molecule is C=C/C(F)=C\C(=C/C)c1cc(NCCc2c[nH]c3ccccc23)n2ncc(C(F)(F)F)c2n1. The van der Waals surface area contributed by atoms with E-state index in [2.05, 4.69) is 27.0 Å². The summed E-state index contributed by atoms with van der Waals surface area (Å²) >= 11 is 0. The average molecular weight is 455 g/mol. The second-order valence-corrected chi connectivity index (χ2v) is 7.33. The summed E-state index contributed by atoms with van der Waals surface area (Å²) < 4.78 is 55.5. The van der Waals surface area contributed by atoms with E-state index in [1.54, 1.807) is 19.1 Å². The zero-order chi connectivity index (χ0) is 23.6. The number of aromatic amines is 1. The fourth-order valence-electron chi connectivity index (χ4n) is 3.61. The lowest BCUT2D eigenvalue weighted by Crippen LogP contribution is -2.12. The van der Waals surface area contributed by atoms with Crippen LogP contribution in [0.15, 0.2) is 73.4 Å². The van der Waals surface area contributed by atoms with Crippen molar-refractivity contribution >= 4 is 27.9 Å². The van der Waals surface area contributed by atoms with Crippen molar-refractivity contribution in [1.29, 1.82) is 0 Å². The van der Waals surface area contributed by atoms with Gasteiger partial charge in [0, 0.05) is 29.7 Å². The van der Waals surface area contributed by atoms with Gasteiger partial charge in [0.1, 0.15) is 17.2 Å². The minimum Gasteiger partial charge on any atom is -0.370 e. The number of rotatable bonds is 7. The first-order chi connectivity index (χ1) is 15.8. The van der Waals surface area contributed by atoms with Crippen molar-refractivity contribution in [3.8, 4) is 0 Å². The summed E-state index contributed by atoms with van der Waals surface area (Å²) in [5, 5.41) is 8.14. The Kier molecular flexibility index (Phi) is 6.04. The summed E-state index contributed by atoms with van der Waals surface area (Å²) in [6.07, 6.45) is 2.41. The van der Waals surface area contributed by atoms with E-state index in [4.69, 9.17) is 0 Å². The van der Waals surface area contributed by atoms with Crippen LogP contribution in [0.2, 0.25) is 0 Å². The van der Waals surface area contributed by atoms with E-state index in [1.807, 2.05) is 30.5 Å². The van der Waals surface area contributed by atoms with Crippen molar-refractivity contribution in [2.75, 3.05) is 11.9 Å². The van der Waals surface area contributed by atoms with Gasteiger partial charge in [-0.05, 0) is 42.7 Å². The van der Waals surface area contributed by atoms with Gasteiger partial charge in [0.15, 0.2) is 5.65 Å². The molecule has 0 aliphatic carbocycles. The molecule has 5 nitrogen and oxygen atoms in total. The predicted octanol–water partition coefficient (Wildman–Crippen LogP) is 6.33. The minimum atomic E-state index is -4.63. The molecule has 4 rings (SSSR count). The Morgan fingerprint density at radius 1 is 1.27 bits per heavy atom. The number of alkyl halides is 3. The van der Waals surface area contributed by atoms with Crippen molar-refractivity contribution in [3.05, 3.63) is 90.2 Å². The molecule has 170 valence electrons. The Labute approximate surface area is 187 Å². The average Bonchev–Trinajstić information content (AvgIpc) is 3.41. The maximum Gasteiger partial charge on any atom is 0.421 e. The van der Waals surface area contributed by atoms with E-state index in [-0.39, 0.29) is 11.3 Å². The highest BCUT2D eigenvalue weighted by molar-refractivity contribution is 5.83. The van der Waals surface area contributed by atoms with Gasteiger partial charge in [-0.25, -0.2) is 9.37 Å². The molecule has 0 bridgehead atoms. The summed E-state index contributed by atoms with van der Waals surface area (Å²) in [6, 6.07) is 9.42. The van der Waals surface area contributed by atoms with Gasteiger partial charge in [-0.3, -0.25) is 0 Å². The minimum absolute atomic E-state index is 0.183. The summed E-state index contributed by atoms with van der Waals surface area (Å²) in [6.45, 7) is 5.45. The lowest BCUT2D eigenvalue weighted by molar-refractivity contribution is -0.136. The Morgan fingerprint density at radius 3 is 2.79 bits per heavy atom. The summed E-state index contributed by atoms with van der Waals surface area (Å²) in [4.78, 5) is 7.35. The van der Waals surface area contributed by atoms with Crippen LogP contribution in [0, 0.1) is 0 Å². The highest BCUT2D eigenvalue weighted by Gasteiger charge is 2.35. The monoisotopic (exact) mass is 455 g/mol. The molecule has 0 radical (unpaired) electrons. The number of anilines is 1. The molecule has 0 fully saturated rings. The van der Waals surface area contributed by atoms with Crippen LogP contribution in [-0.2, 0) is 12.6 Å². The number of nitrogens with one attached hydrogen (secondary N) is 2. The first-order valence-corrected chi connectivity index (χ1v) is 10.2. The number of aromatic nitrogens is 4. The maximum atomic E-state index is 13.8. The van der Waals surface area contributed by atoms with Crippen LogP contribution in [0.4, 0.5) is 23.4 Å². The van der Waals surface area contributed by atoms with Gasteiger partial charge >= 0.3 is 6.18 Å². The smallest absolute Gasteiger partial charge is 0.370 e. The maximum absolute atomic E-state index is 13.8. The third-order valence-corrected chi connectivity index (χ3v) is 5.25. The van der Waals surface area contributed by atoms with Crippen molar-refractivity contribution in [2.24, 2.45) is 0 Å². The number of halogens is 4. The van der Waals surface area contributed by atoms with E-state index in [0.717, 1.165) is 33.3 Å². The fraction of sp³-hybridized carbons (Fsp3) is 0.167. The molecular weight excluding hydrogens is 434 g/mol. The van der Waals surface area contributed by atoms with E-state index >= 15 is 0 Å². The molecule has 0 amide bonds. The Bertz CT molecular complexity index is 1370. The lowest BCUT2D eigenvalue weighted by atomic mass is 10.1. The zero-order valence-electron chi connectivity index (χ0n) is 17.7. The standard InChI is InChI=1S/C24H21F4N5/c1-3-15(11-17(25)4-2)21-12-22(33-23(32-21)19(14-31-33)24(26,27)28)29-10-9-16-13-30-20-8-6-5-7-18(16)20/h3-8,11-14,29-30H,2,9-10H2,1H3/b15-3+,17-11+. The fourth-order valence-corrected chi connectivity index (χ4v) is 3.61. The second kappa shape index (κ2) is 8.93. The van der Waals surface area contributed by atoms with E-state index in [0.29, 0.717) is 24.4 Å². The number of hydrogen-bond acceptors (Lipinski definition) is 3. The summed E-state index contributed by atoms with van der Waals surface area (Å²) in [5.41, 5.74) is 1.27. The van der Waals surface area contributed by atoms with Crippen LogP contribution in [0.5, 0.6) is 0 Å². The van der Waals surface area contributed by atoms with Gasteiger partial charge in [-0.15, -0.1) is 0 Å². The van der Waals surface area contributed by atoms with Crippen LogP contribution >= 0.6 is 0 Å². The molecule has 3 heterocycles. The van der Waals surface area contributed by atoms with Crippen molar-refractivity contribution in [2.45, 2.75) is 19.5 Å². The molecule has 0 saturated heterocycles. The number of nitrogens with zero attached hydrogens (tertiary/aromatic N) is 3. The quantitative estimate of drug-likeness (QED) is 0.253. The number of benzene rings is 1. The number of fused-ring (bicyclic) bond motifs is 2. The lowest BCUT2D eigenvalue weighted by Gasteiger charge is -2.12. The molecule has 0 aliphatic heterocycles. The van der Waals surface area contributed by atoms with E-state index < -0.39 is 17.6 Å². The van der Waals surface area contributed by atoms with Gasteiger partial charge in [0.25, 0.3) is 0 Å². The topological polar surface area (TPSA) is 58.0 Å². The van der Waals surface area contributed by atoms with Gasteiger partial charge in [0.05, 0.1) is 11.9 Å². The van der Waals surface area contributed by atoms with Crippen molar-refractivity contribution in [3.63, 3.8) is 0 Å². The van der Waals surface area contributed by atoms with Crippen molar-refractivity contribution in [1.82, 2.24) is 19.6 Å². The van der Waals surface area contributed by atoms with Gasteiger partial charge in [-0.2, -0.15) is 22.8 Å². The van der Waals surface area contributed by atoms with Crippen LogP contribution < -0.4 is 5.32 Å². The molecule has 0 aliphatic rings. The molecule has 1 aromatic carbocycles. The number of hydrogen-bond donors (Lipinski definition) is 2. The summed E-state index contributed by atoms with van der Waals surface area (Å²) in [5.74, 6) is -0.305. The predicted molar refractivity (Wildman–Crippen MR) is 122 cm³/mol. The Balaban J connectivity index is 1.71. The Morgan fingerprint density at radius 2 is 2.06 bits per heavy atom. The van der Waals surface area contributed by atoms with Crippen LogP contribution in [-0.4, -0.2) is 26.1 Å². The highest BCUT2D eigenvalue weighted by Crippen LogP contribution is 2.33. The highest BCUT2D eigenvalue weighted by atomic mass is 19.4. The molecule has 33 heavy (non-hydrogen) atoms. The normalized spacial score (nSPS) is 13.1. The molecule has 4 aromatic rings. The number of allylic oxidation sites excluding steroid dienone is 5. The third-order valence-electron chi connectivity index (χ3n) is 5.25. The molecule has 9 heteroatoms. The summed E-state index contributed by atoms with van der Waals surface area (Å²) in [7, 11) is 0. The molecule has 2 N–H and O–H groups in total. The van der Waals surface area contributed by atoms with E-state index in [9.17, 15) is 17.6 Å². The largest absolute Gasteiger partial charge is 0.421 e. The zero-order valence-corrected chi connectivity index (χ0v) is 17.7. The molecule has 0 atom stereocenters. The second-order valence-electron chi connectivity index (χ2n) is 7.33. The van der Waals surface area contributed by atoms with Crippen LogP contribution in [0.1, 0.15) is 23.7 Å². The first-order valence-electron chi connectivity index (χ1n) is 10.2. The third kappa shape index (κ3) is 4.52. The molecule has 3 aromatic heterocycles. The van der Waals surface area contributed by atoms with Crippen LogP contribution in [0.3, 0.4) is 0 Å². The number of H-pyrrole nitrogens is 1. The van der Waals surface area contributed by atoms with Gasteiger partial charge < -0.3 is 10.3 Å². The van der Waals surface area contributed by atoms with E-state index in [1.165, 1.54) is 6.08 Å². The van der Waals surface area contributed by atoms with Gasteiger partial charge in [-0.1, -0.05) is 30.9 Å². The Hall–Kier alpha value is -3.88. The van der Waals surface area contributed by atoms with Crippen molar-refractivity contribution < 1.29 is 17.6 Å². The molecule has 0 spiro atoms. The van der Waals surface area contributed by atoms with Gasteiger partial charge in [0.2, 0.25) is 0 Å².